The standard InChI is InChI=1S/C20H24ClN3O2/c1-14-12-18(19(26-2)13-17(14)21)23-20(25)22-15-6-8-16(9-7-15)24-10-4-3-5-11-24/h6-9,12-13H,3-5,10-11H2,1-2H3,(H2,22,23,25). The van der Waals surface area contributed by atoms with E-state index in [9.17, 15) is 4.79 Å². The highest BCUT2D eigenvalue weighted by atomic mass is 35.5. The van der Waals surface area contributed by atoms with Crippen molar-refractivity contribution >= 4 is 34.7 Å². The third-order valence-electron chi connectivity index (χ3n) is 4.58. The SMILES string of the molecule is COc1cc(Cl)c(C)cc1NC(=O)Nc1ccc(N2CCCCC2)cc1. The van der Waals surface area contributed by atoms with E-state index in [0.717, 1.165) is 24.3 Å². The fraction of sp³-hybridized carbons (Fsp3) is 0.350. The van der Waals surface area contributed by atoms with Crippen LogP contribution in [0.2, 0.25) is 5.02 Å². The third-order valence-corrected chi connectivity index (χ3v) is 4.98. The van der Waals surface area contributed by atoms with Crippen molar-refractivity contribution in [2.45, 2.75) is 26.2 Å². The van der Waals surface area contributed by atoms with Crippen LogP contribution in [0.25, 0.3) is 0 Å². The average Bonchev–Trinajstić information content (AvgIpc) is 2.66. The molecule has 0 atom stereocenters. The molecule has 5 nitrogen and oxygen atoms in total. The summed E-state index contributed by atoms with van der Waals surface area (Å²) in [4.78, 5) is 14.7. The molecule has 138 valence electrons. The zero-order chi connectivity index (χ0) is 18.5. The van der Waals surface area contributed by atoms with Gasteiger partial charge in [0.05, 0.1) is 12.8 Å². The Kier molecular flexibility index (Phi) is 5.89. The summed E-state index contributed by atoms with van der Waals surface area (Å²) in [7, 11) is 1.55. The first kappa shape index (κ1) is 18.4. The number of urea groups is 1. The molecule has 6 heteroatoms. The topological polar surface area (TPSA) is 53.6 Å². The maximum absolute atomic E-state index is 12.3. The predicted octanol–water partition coefficient (Wildman–Crippen LogP) is 5.29. The van der Waals surface area contributed by atoms with Gasteiger partial charge in [0, 0.05) is 35.6 Å². The minimum Gasteiger partial charge on any atom is -0.495 e. The van der Waals surface area contributed by atoms with Crippen LogP contribution in [0.15, 0.2) is 36.4 Å². The molecule has 1 aliphatic heterocycles. The molecule has 0 bridgehead atoms. The van der Waals surface area contributed by atoms with Gasteiger partial charge in [0.25, 0.3) is 0 Å². The van der Waals surface area contributed by atoms with Crippen molar-refractivity contribution < 1.29 is 9.53 Å². The average molecular weight is 374 g/mol. The number of rotatable bonds is 4. The lowest BCUT2D eigenvalue weighted by Gasteiger charge is -2.28. The maximum Gasteiger partial charge on any atom is 0.323 e. The molecular weight excluding hydrogens is 350 g/mol. The summed E-state index contributed by atoms with van der Waals surface area (Å²) < 4.78 is 5.28. The Hall–Kier alpha value is -2.40. The molecule has 26 heavy (non-hydrogen) atoms. The van der Waals surface area contributed by atoms with Gasteiger partial charge in [-0.1, -0.05) is 11.6 Å². The number of carbonyl (C=O) groups excluding carboxylic acids is 1. The van der Waals surface area contributed by atoms with Crippen molar-refractivity contribution in [3.8, 4) is 5.75 Å². The molecule has 0 saturated carbocycles. The lowest BCUT2D eigenvalue weighted by Crippen LogP contribution is -2.29. The summed E-state index contributed by atoms with van der Waals surface area (Å²) in [5, 5.41) is 6.26. The van der Waals surface area contributed by atoms with Crippen LogP contribution in [0, 0.1) is 6.92 Å². The summed E-state index contributed by atoms with van der Waals surface area (Å²) in [6.07, 6.45) is 3.79. The Morgan fingerprint density at radius 3 is 2.42 bits per heavy atom. The van der Waals surface area contributed by atoms with Crippen molar-refractivity contribution in [2.75, 3.05) is 35.7 Å². The minimum absolute atomic E-state index is 0.323. The quantitative estimate of drug-likeness (QED) is 0.765. The number of methoxy groups -OCH3 is 1. The number of benzene rings is 2. The van der Waals surface area contributed by atoms with Crippen LogP contribution < -0.4 is 20.3 Å². The molecule has 0 radical (unpaired) electrons. The van der Waals surface area contributed by atoms with E-state index in [1.165, 1.54) is 24.9 Å². The monoisotopic (exact) mass is 373 g/mol. The second kappa shape index (κ2) is 8.32. The van der Waals surface area contributed by atoms with E-state index in [2.05, 4.69) is 15.5 Å². The summed E-state index contributed by atoms with van der Waals surface area (Å²) in [6.45, 7) is 4.08. The van der Waals surface area contributed by atoms with Gasteiger partial charge in [0.2, 0.25) is 0 Å². The molecule has 1 aliphatic rings. The molecule has 2 aromatic rings. The molecular formula is C20H24ClN3O2. The number of amides is 2. The van der Waals surface area contributed by atoms with Crippen LogP contribution in [0.5, 0.6) is 5.75 Å². The lowest BCUT2D eigenvalue weighted by atomic mass is 10.1. The first-order chi connectivity index (χ1) is 12.6. The van der Waals surface area contributed by atoms with Gasteiger partial charge in [0.1, 0.15) is 5.75 Å². The zero-order valence-electron chi connectivity index (χ0n) is 15.1. The van der Waals surface area contributed by atoms with Gasteiger partial charge in [0.15, 0.2) is 0 Å². The number of nitrogens with zero attached hydrogens (tertiary/aromatic N) is 1. The van der Waals surface area contributed by atoms with Gasteiger partial charge in [-0.05, 0) is 62.1 Å². The molecule has 0 spiro atoms. The number of anilines is 3. The number of halogens is 1. The first-order valence-corrected chi connectivity index (χ1v) is 9.22. The second-order valence-corrected chi connectivity index (χ2v) is 6.88. The van der Waals surface area contributed by atoms with Crippen LogP contribution in [0.3, 0.4) is 0 Å². The van der Waals surface area contributed by atoms with E-state index in [1.807, 2.05) is 31.2 Å². The molecule has 2 aromatic carbocycles. The van der Waals surface area contributed by atoms with E-state index >= 15 is 0 Å². The van der Waals surface area contributed by atoms with Crippen molar-refractivity contribution in [1.82, 2.24) is 0 Å². The van der Waals surface area contributed by atoms with E-state index < -0.39 is 0 Å². The molecule has 3 rings (SSSR count). The van der Waals surface area contributed by atoms with Gasteiger partial charge in [-0.25, -0.2) is 4.79 Å². The van der Waals surface area contributed by atoms with Crippen molar-refractivity contribution in [3.63, 3.8) is 0 Å². The highest BCUT2D eigenvalue weighted by Gasteiger charge is 2.12. The minimum atomic E-state index is -0.323. The van der Waals surface area contributed by atoms with E-state index in [4.69, 9.17) is 16.3 Å². The number of carbonyl (C=O) groups is 1. The summed E-state index contributed by atoms with van der Waals surface area (Å²) in [5.41, 5.74) is 3.39. The van der Waals surface area contributed by atoms with E-state index in [-0.39, 0.29) is 6.03 Å². The predicted molar refractivity (Wildman–Crippen MR) is 108 cm³/mol. The largest absolute Gasteiger partial charge is 0.495 e. The maximum atomic E-state index is 12.3. The fourth-order valence-electron chi connectivity index (χ4n) is 3.12. The molecule has 2 amide bonds. The lowest BCUT2D eigenvalue weighted by molar-refractivity contribution is 0.262. The van der Waals surface area contributed by atoms with Crippen LogP contribution >= 0.6 is 11.6 Å². The van der Waals surface area contributed by atoms with Crippen LogP contribution in [-0.2, 0) is 0 Å². The van der Waals surface area contributed by atoms with Crippen LogP contribution in [0.4, 0.5) is 21.9 Å². The Labute approximate surface area is 159 Å². The Morgan fingerprint density at radius 1 is 1.08 bits per heavy atom. The first-order valence-electron chi connectivity index (χ1n) is 8.84. The van der Waals surface area contributed by atoms with E-state index in [1.54, 1.807) is 19.2 Å². The smallest absolute Gasteiger partial charge is 0.323 e. The third kappa shape index (κ3) is 4.41. The van der Waals surface area contributed by atoms with Crippen LogP contribution in [0.1, 0.15) is 24.8 Å². The summed E-state index contributed by atoms with van der Waals surface area (Å²) in [5.74, 6) is 0.524. The van der Waals surface area contributed by atoms with Crippen molar-refractivity contribution in [1.29, 1.82) is 0 Å². The van der Waals surface area contributed by atoms with Gasteiger partial charge in [-0.2, -0.15) is 0 Å². The summed E-state index contributed by atoms with van der Waals surface area (Å²) >= 11 is 6.10. The number of hydrogen-bond acceptors (Lipinski definition) is 3. The fourth-order valence-corrected chi connectivity index (χ4v) is 3.28. The molecule has 0 aliphatic carbocycles. The van der Waals surface area contributed by atoms with E-state index in [0.29, 0.717) is 16.5 Å². The summed E-state index contributed by atoms with van der Waals surface area (Å²) in [6, 6.07) is 11.1. The van der Waals surface area contributed by atoms with Gasteiger partial charge in [-0.3, -0.25) is 0 Å². The van der Waals surface area contributed by atoms with Gasteiger partial charge >= 0.3 is 6.03 Å². The molecule has 2 N–H and O–H groups in total. The number of piperidine rings is 1. The normalized spacial score (nSPS) is 14.0. The molecule has 0 aromatic heterocycles. The number of ether oxygens (including phenoxy) is 1. The van der Waals surface area contributed by atoms with Gasteiger partial charge < -0.3 is 20.3 Å². The second-order valence-electron chi connectivity index (χ2n) is 6.48. The van der Waals surface area contributed by atoms with Crippen molar-refractivity contribution in [2.24, 2.45) is 0 Å². The highest BCUT2D eigenvalue weighted by molar-refractivity contribution is 6.31. The Morgan fingerprint density at radius 2 is 1.77 bits per heavy atom. The Balaban J connectivity index is 1.64. The Bertz CT molecular complexity index is 771. The zero-order valence-corrected chi connectivity index (χ0v) is 15.9. The highest BCUT2D eigenvalue weighted by Crippen LogP contribution is 2.31. The molecule has 0 unspecified atom stereocenters. The number of nitrogens with one attached hydrogen (secondary N) is 2. The van der Waals surface area contributed by atoms with Gasteiger partial charge in [-0.15, -0.1) is 0 Å². The molecule has 1 saturated heterocycles. The molecule has 1 fully saturated rings. The number of hydrogen-bond donors (Lipinski definition) is 2. The number of aryl methyl sites for hydroxylation is 1. The van der Waals surface area contributed by atoms with Crippen LogP contribution in [-0.4, -0.2) is 26.2 Å². The molecule has 1 heterocycles. The van der Waals surface area contributed by atoms with Crippen molar-refractivity contribution in [3.05, 3.63) is 47.0 Å².